The van der Waals surface area contributed by atoms with Crippen LogP contribution in [0.2, 0.25) is 0 Å². The van der Waals surface area contributed by atoms with E-state index in [-0.39, 0.29) is 37.3 Å². The highest BCUT2D eigenvalue weighted by Gasteiger charge is 2.31. The van der Waals surface area contributed by atoms with Crippen LogP contribution in [0.1, 0.15) is 30.0 Å². The molecule has 1 fully saturated rings. The second-order valence-electron chi connectivity index (χ2n) is 7.36. The zero-order valence-corrected chi connectivity index (χ0v) is 18.8. The molecule has 3 rings (SSSR count). The van der Waals surface area contributed by atoms with Crippen LogP contribution in [-0.4, -0.2) is 46.3 Å². The molecule has 32 heavy (non-hydrogen) atoms. The van der Waals surface area contributed by atoms with Gasteiger partial charge in [-0.1, -0.05) is 46.3 Å². The van der Waals surface area contributed by atoms with Gasteiger partial charge in [-0.15, -0.1) is 0 Å². The van der Waals surface area contributed by atoms with Crippen molar-refractivity contribution in [1.82, 2.24) is 15.1 Å². The van der Waals surface area contributed by atoms with E-state index in [9.17, 15) is 19.7 Å². The molecule has 1 saturated heterocycles. The van der Waals surface area contributed by atoms with Gasteiger partial charge in [-0.25, -0.2) is 4.79 Å². The fourth-order valence-electron chi connectivity index (χ4n) is 3.73. The number of nitro benzene ring substituents is 1. The summed E-state index contributed by atoms with van der Waals surface area (Å²) in [5, 5.41) is 22.5. The number of carbonyl (C=O) groups is 2. The van der Waals surface area contributed by atoms with E-state index in [0.717, 1.165) is 22.9 Å². The lowest BCUT2D eigenvalue weighted by molar-refractivity contribution is -0.384. The van der Waals surface area contributed by atoms with Crippen molar-refractivity contribution in [3.05, 3.63) is 74.2 Å². The number of halogens is 1. The van der Waals surface area contributed by atoms with Crippen LogP contribution in [0.3, 0.4) is 0 Å². The normalized spacial score (nSPS) is 15.1. The molecular formula is C22H22BrN5O4. The van der Waals surface area contributed by atoms with Crippen molar-refractivity contribution < 1.29 is 14.5 Å². The Hall–Kier alpha value is -3.45. The van der Waals surface area contributed by atoms with E-state index < -0.39 is 11.0 Å². The minimum Gasteiger partial charge on any atom is -0.334 e. The molecule has 0 saturated carbocycles. The Kier molecular flexibility index (Phi) is 7.78. The molecule has 166 valence electrons. The average molecular weight is 500 g/mol. The van der Waals surface area contributed by atoms with Gasteiger partial charge < -0.3 is 15.1 Å². The van der Waals surface area contributed by atoms with Gasteiger partial charge in [0, 0.05) is 29.7 Å². The van der Waals surface area contributed by atoms with E-state index in [0.29, 0.717) is 12.1 Å². The van der Waals surface area contributed by atoms with Crippen molar-refractivity contribution in [3.8, 4) is 6.07 Å². The lowest BCUT2D eigenvalue weighted by atomic mass is 10.0. The summed E-state index contributed by atoms with van der Waals surface area (Å²) in [5.41, 5.74) is 1.62. The Labute approximate surface area is 193 Å². The van der Waals surface area contributed by atoms with Gasteiger partial charge in [0.15, 0.2) is 0 Å². The largest absolute Gasteiger partial charge is 0.334 e. The molecule has 0 bridgehead atoms. The Morgan fingerprint density at radius 2 is 1.97 bits per heavy atom. The Morgan fingerprint density at radius 1 is 1.25 bits per heavy atom. The lowest BCUT2D eigenvalue weighted by Crippen LogP contribution is -2.45. The van der Waals surface area contributed by atoms with E-state index in [4.69, 9.17) is 5.26 Å². The Morgan fingerprint density at radius 3 is 2.62 bits per heavy atom. The van der Waals surface area contributed by atoms with Crippen LogP contribution in [0.4, 0.5) is 10.5 Å². The molecule has 1 heterocycles. The van der Waals surface area contributed by atoms with Crippen molar-refractivity contribution in [2.45, 2.75) is 25.4 Å². The third kappa shape index (κ3) is 5.62. The molecule has 1 aliphatic heterocycles. The summed E-state index contributed by atoms with van der Waals surface area (Å²) in [6, 6.07) is 14.9. The number of rotatable bonds is 7. The first-order valence-electron chi connectivity index (χ1n) is 10.1. The number of urea groups is 1. The fourth-order valence-corrected chi connectivity index (χ4v) is 4.28. The maximum Gasteiger partial charge on any atom is 0.318 e. The monoisotopic (exact) mass is 499 g/mol. The molecule has 1 atom stereocenters. The number of hydrogen-bond acceptors (Lipinski definition) is 5. The quantitative estimate of drug-likeness (QED) is 0.353. The highest BCUT2D eigenvalue weighted by Crippen LogP contribution is 2.35. The van der Waals surface area contributed by atoms with Crippen LogP contribution >= 0.6 is 15.9 Å². The highest BCUT2D eigenvalue weighted by atomic mass is 79.9. The van der Waals surface area contributed by atoms with Crippen LogP contribution in [0.15, 0.2) is 53.0 Å². The molecule has 1 N–H and O–H groups in total. The van der Waals surface area contributed by atoms with E-state index in [1.54, 1.807) is 4.90 Å². The van der Waals surface area contributed by atoms with Crippen LogP contribution in [0.5, 0.6) is 0 Å². The average Bonchev–Trinajstić information content (AvgIpc) is 3.27. The molecular weight excluding hydrogens is 478 g/mol. The molecule has 3 amide bonds. The first kappa shape index (κ1) is 23.2. The highest BCUT2D eigenvalue weighted by molar-refractivity contribution is 9.10. The van der Waals surface area contributed by atoms with Gasteiger partial charge in [0.2, 0.25) is 5.91 Å². The number of likely N-dealkylation sites (tertiary alicyclic amines) is 1. The second kappa shape index (κ2) is 10.7. The topological polar surface area (TPSA) is 120 Å². The molecule has 9 nitrogen and oxygen atoms in total. The third-order valence-electron chi connectivity index (χ3n) is 5.30. The smallest absolute Gasteiger partial charge is 0.318 e. The van der Waals surface area contributed by atoms with Gasteiger partial charge in [-0.3, -0.25) is 14.9 Å². The molecule has 0 aromatic heterocycles. The van der Waals surface area contributed by atoms with Crippen molar-refractivity contribution in [3.63, 3.8) is 0 Å². The number of non-ortho nitro benzene ring substituents is 1. The van der Waals surface area contributed by atoms with E-state index in [2.05, 4.69) is 21.2 Å². The van der Waals surface area contributed by atoms with Crippen LogP contribution < -0.4 is 5.32 Å². The third-order valence-corrected chi connectivity index (χ3v) is 6.02. The molecule has 10 heteroatoms. The number of nitrogens with one attached hydrogen (secondary N) is 1. The lowest BCUT2D eigenvalue weighted by Gasteiger charge is -2.27. The summed E-state index contributed by atoms with van der Waals surface area (Å²) >= 11 is 3.54. The number of benzene rings is 2. The summed E-state index contributed by atoms with van der Waals surface area (Å²) in [7, 11) is 0. The molecule has 2 aromatic carbocycles. The van der Waals surface area contributed by atoms with Gasteiger partial charge >= 0.3 is 6.03 Å². The molecule has 1 aliphatic rings. The first-order valence-corrected chi connectivity index (χ1v) is 10.9. The minimum absolute atomic E-state index is 0.0506. The zero-order valence-electron chi connectivity index (χ0n) is 17.2. The SMILES string of the molecule is N#CCN(Cc1ccc([N+](=O)[O-])cc1)C(=O)NCC(=O)N1CCCC1c1ccccc1Br. The van der Waals surface area contributed by atoms with Gasteiger partial charge in [-0.2, -0.15) is 5.26 Å². The van der Waals surface area contributed by atoms with Crippen molar-refractivity contribution in [2.75, 3.05) is 19.6 Å². The first-order chi connectivity index (χ1) is 15.4. The molecule has 2 aromatic rings. The number of nitro groups is 1. The maximum atomic E-state index is 12.8. The summed E-state index contributed by atoms with van der Waals surface area (Å²) in [6.07, 6.45) is 1.73. The summed E-state index contributed by atoms with van der Waals surface area (Å²) < 4.78 is 0.942. The zero-order chi connectivity index (χ0) is 23.1. The fraction of sp³-hybridized carbons (Fsp3) is 0.318. The molecule has 0 radical (unpaired) electrons. The maximum absolute atomic E-state index is 12.8. The van der Waals surface area contributed by atoms with Gasteiger partial charge in [0.05, 0.1) is 23.6 Å². The van der Waals surface area contributed by atoms with Crippen LogP contribution in [0.25, 0.3) is 0 Å². The summed E-state index contributed by atoms with van der Waals surface area (Å²) in [6.45, 7) is 0.350. The van der Waals surface area contributed by atoms with Crippen molar-refractivity contribution in [2.24, 2.45) is 0 Å². The predicted molar refractivity (Wildman–Crippen MR) is 120 cm³/mol. The van der Waals surface area contributed by atoms with Crippen LogP contribution in [-0.2, 0) is 11.3 Å². The Balaban J connectivity index is 1.60. The number of nitriles is 1. The summed E-state index contributed by atoms with van der Waals surface area (Å²) in [5.74, 6) is -0.191. The number of carbonyl (C=O) groups excluding carboxylic acids is 2. The van der Waals surface area contributed by atoms with Gasteiger partial charge in [0.25, 0.3) is 5.69 Å². The predicted octanol–water partition coefficient (Wildman–Crippen LogP) is 3.76. The molecule has 0 aliphatic carbocycles. The number of amides is 3. The second-order valence-corrected chi connectivity index (χ2v) is 8.22. The van der Waals surface area contributed by atoms with Gasteiger partial charge in [0.1, 0.15) is 6.54 Å². The minimum atomic E-state index is -0.546. The van der Waals surface area contributed by atoms with Gasteiger partial charge in [-0.05, 0) is 30.0 Å². The van der Waals surface area contributed by atoms with Crippen molar-refractivity contribution in [1.29, 1.82) is 5.26 Å². The standard InChI is InChI=1S/C22H22BrN5O4/c23-19-5-2-1-4-18(19)20-6-3-12-27(20)21(29)14-25-22(30)26(13-11-24)15-16-7-9-17(10-8-16)28(31)32/h1-2,4-5,7-10,20H,3,6,12-15H2,(H,25,30). The molecule has 0 spiro atoms. The number of nitrogens with zero attached hydrogens (tertiary/aromatic N) is 4. The van der Waals surface area contributed by atoms with E-state index in [1.807, 2.05) is 30.3 Å². The molecule has 1 unspecified atom stereocenters. The van der Waals surface area contributed by atoms with E-state index >= 15 is 0 Å². The van der Waals surface area contributed by atoms with E-state index in [1.165, 1.54) is 29.2 Å². The van der Waals surface area contributed by atoms with Crippen molar-refractivity contribution >= 4 is 33.6 Å². The Bertz CT molecular complexity index is 1040. The summed E-state index contributed by atoms with van der Waals surface area (Å²) in [4.78, 5) is 38.8. The van der Waals surface area contributed by atoms with Crippen LogP contribution in [0, 0.1) is 21.4 Å². The number of hydrogen-bond donors (Lipinski definition) is 1.